The maximum absolute atomic E-state index is 13.8. The number of aliphatic hydroxyl groups excluding tert-OH is 1. The summed E-state index contributed by atoms with van der Waals surface area (Å²) in [6.07, 6.45) is -1.31. The zero-order valence-electron chi connectivity index (χ0n) is 11.1. The van der Waals surface area contributed by atoms with E-state index in [1.165, 1.54) is 6.07 Å². The van der Waals surface area contributed by atoms with Gasteiger partial charge in [0.1, 0.15) is 11.5 Å². The van der Waals surface area contributed by atoms with Gasteiger partial charge in [-0.3, -0.25) is 0 Å². The van der Waals surface area contributed by atoms with Gasteiger partial charge >= 0.3 is 5.97 Å². The number of halogens is 2. The van der Waals surface area contributed by atoms with Gasteiger partial charge in [0, 0.05) is 26.2 Å². The van der Waals surface area contributed by atoms with Gasteiger partial charge in [-0.2, -0.15) is 0 Å². The highest BCUT2D eigenvalue weighted by Crippen LogP contribution is 2.29. The number of nitrogens with zero attached hydrogens (tertiary/aromatic N) is 2. The fourth-order valence-electron chi connectivity index (χ4n) is 2.61. The van der Waals surface area contributed by atoms with Crippen molar-refractivity contribution in [1.29, 1.82) is 0 Å². The van der Waals surface area contributed by atoms with E-state index in [9.17, 15) is 14.3 Å². The monoisotopic (exact) mass is 312 g/mol. The molecule has 1 N–H and O–H groups in total. The second-order valence-corrected chi connectivity index (χ2v) is 5.26. The molecule has 2 aliphatic rings. The number of rotatable bonds is 2. The number of piperazine rings is 1. The molecule has 1 unspecified atom stereocenters. The topological polar surface area (TPSA) is 53.0 Å². The fourth-order valence-corrected chi connectivity index (χ4v) is 2.87. The summed E-state index contributed by atoms with van der Waals surface area (Å²) in [6.45, 7) is 2.17. The van der Waals surface area contributed by atoms with Gasteiger partial charge in [0.15, 0.2) is 5.03 Å². The summed E-state index contributed by atoms with van der Waals surface area (Å²) in [5.74, 6) is -0.974. The number of benzene rings is 1. The molecular weight excluding hydrogens is 299 g/mol. The number of carbonyl (C=O) groups is 1. The summed E-state index contributed by atoms with van der Waals surface area (Å²) in [6, 6.07) is 6.59. The van der Waals surface area contributed by atoms with E-state index in [4.69, 9.17) is 11.6 Å². The highest BCUT2D eigenvalue weighted by atomic mass is 35.5. The average molecular weight is 313 g/mol. The van der Waals surface area contributed by atoms with Crippen LogP contribution < -0.4 is 4.90 Å². The van der Waals surface area contributed by atoms with E-state index in [2.05, 4.69) is 4.74 Å². The zero-order chi connectivity index (χ0) is 15.0. The Labute approximate surface area is 126 Å². The Morgan fingerprint density at radius 1 is 1.19 bits per heavy atom. The Bertz CT molecular complexity index is 600. The van der Waals surface area contributed by atoms with E-state index in [1.807, 2.05) is 4.90 Å². The van der Waals surface area contributed by atoms with Crippen molar-refractivity contribution in [3.05, 3.63) is 40.8 Å². The molecule has 0 radical (unpaired) electrons. The van der Waals surface area contributed by atoms with E-state index in [-0.39, 0.29) is 10.8 Å². The molecule has 0 aliphatic carbocycles. The Balaban J connectivity index is 1.72. The molecule has 0 spiro atoms. The molecule has 0 aromatic heterocycles. The molecule has 1 aromatic carbocycles. The van der Waals surface area contributed by atoms with Crippen molar-refractivity contribution in [3.63, 3.8) is 0 Å². The Hall–Kier alpha value is -1.79. The number of anilines is 1. The van der Waals surface area contributed by atoms with Crippen molar-refractivity contribution in [2.45, 2.75) is 6.29 Å². The number of aliphatic hydroxyl groups is 1. The quantitative estimate of drug-likeness (QED) is 0.834. The summed E-state index contributed by atoms with van der Waals surface area (Å²) in [4.78, 5) is 15.0. The maximum atomic E-state index is 13.8. The summed E-state index contributed by atoms with van der Waals surface area (Å²) in [7, 11) is 0. The summed E-state index contributed by atoms with van der Waals surface area (Å²) in [5.41, 5.74) is 0.853. The third kappa shape index (κ3) is 2.56. The second-order valence-electron chi connectivity index (χ2n) is 4.88. The lowest BCUT2D eigenvalue weighted by atomic mass is 10.2. The molecule has 0 saturated carbocycles. The molecule has 21 heavy (non-hydrogen) atoms. The maximum Gasteiger partial charge on any atom is 0.354 e. The number of carbonyl (C=O) groups excluding carboxylic acids is 1. The molecule has 1 atom stereocenters. The minimum Gasteiger partial charge on any atom is -0.425 e. The summed E-state index contributed by atoms with van der Waals surface area (Å²) >= 11 is 5.87. The first kappa shape index (κ1) is 14.2. The number of hydrogen-bond donors (Lipinski definition) is 1. The number of hydrogen-bond acceptors (Lipinski definition) is 5. The largest absolute Gasteiger partial charge is 0.425 e. The van der Waals surface area contributed by atoms with Gasteiger partial charge in [0.05, 0.1) is 5.69 Å². The predicted octanol–water partition coefficient (Wildman–Crippen LogP) is 1.27. The molecule has 5 nitrogen and oxygen atoms in total. The van der Waals surface area contributed by atoms with E-state index < -0.39 is 12.3 Å². The molecule has 0 bridgehead atoms. The standard InChI is InChI=1S/C14H14ClFN2O3/c15-11-12(14(20)21-13(11)19)18-7-5-17(6-8-18)10-4-2-1-3-9(10)16/h1-4,14,20H,5-8H2. The molecule has 0 amide bonds. The minimum atomic E-state index is -1.31. The van der Waals surface area contributed by atoms with Crippen molar-refractivity contribution < 1.29 is 19.0 Å². The molecule has 112 valence electrons. The normalized spacial score (nSPS) is 22.8. The van der Waals surface area contributed by atoms with Crippen LogP contribution in [0.15, 0.2) is 35.0 Å². The zero-order valence-corrected chi connectivity index (χ0v) is 11.9. The third-order valence-electron chi connectivity index (χ3n) is 3.67. The van der Waals surface area contributed by atoms with Crippen LogP contribution in [-0.2, 0) is 9.53 Å². The highest BCUT2D eigenvalue weighted by molar-refractivity contribution is 6.42. The molecule has 1 saturated heterocycles. The molecule has 3 rings (SSSR count). The SMILES string of the molecule is O=C1OC(O)C(N2CCN(c3ccccc3F)CC2)=C1Cl. The van der Waals surface area contributed by atoms with Gasteiger partial charge in [-0.1, -0.05) is 23.7 Å². The molecule has 2 aliphatic heterocycles. The third-order valence-corrected chi connectivity index (χ3v) is 4.02. The van der Waals surface area contributed by atoms with Gasteiger partial charge in [-0.05, 0) is 12.1 Å². The van der Waals surface area contributed by atoms with Crippen LogP contribution in [0.25, 0.3) is 0 Å². The van der Waals surface area contributed by atoms with Crippen LogP contribution in [0.1, 0.15) is 0 Å². The molecule has 1 aromatic rings. The number of cyclic esters (lactones) is 1. The van der Waals surface area contributed by atoms with E-state index in [0.717, 1.165) is 0 Å². The van der Waals surface area contributed by atoms with Crippen molar-refractivity contribution in [2.75, 3.05) is 31.1 Å². The van der Waals surface area contributed by atoms with Gasteiger partial charge < -0.3 is 19.6 Å². The number of esters is 1. The number of para-hydroxylation sites is 1. The van der Waals surface area contributed by atoms with Crippen molar-refractivity contribution in [1.82, 2.24) is 4.90 Å². The first-order chi connectivity index (χ1) is 10.1. The van der Waals surface area contributed by atoms with Gasteiger partial charge in [-0.15, -0.1) is 0 Å². The van der Waals surface area contributed by atoms with E-state index in [1.54, 1.807) is 23.1 Å². The highest BCUT2D eigenvalue weighted by Gasteiger charge is 2.36. The van der Waals surface area contributed by atoms with E-state index >= 15 is 0 Å². The van der Waals surface area contributed by atoms with Crippen LogP contribution in [0.2, 0.25) is 0 Å². The van der Waals surface area contributed by atoms with E-state index in [0.29, 0.717) is 37.6 Å². The summed E-state index contributed by atoms with van der Waals surface area (Å²) < 4.78 is 18.4. The van der Waals surface area contributed by atoms with Crippen LogP contribution in [0.3, 0.4) is 0 Å². The number of ether oxygens (including phenoxy) is 1. The first-order valence-electron chi connectivity index (χ1n) is 6.61. The van der Waals surface area contributed by atoms with Crippen LogP contribution in [-0.4, -0.2) is 48.4 Å². The lowest BCUT2D eigenvalue weighted by Gasteiger charge is -2.38. The summed E-state index contributed by atoms with van der Waals surface area (Å²) in [5, 5.41) is 9.63. The Morgan fingerprint density at radius 2 is 1.81 bits per heavy atom. The van der Waals surface area contributed by atoms with Crippen LogP contribution >= 0.6 is 11.6 Å². The fraction of sp³-hybridized carbons (Fsp3) is 0.357. The van der Waals surface area contributed by atoms with Gasteiger partial charge in [-0.25, -0.2) is 9.18 Å². The van der Waals surface area contributed by atoms with Gasteiger partial charge in [0.25, 0.3) is 0 Å². The lowest BCUT2D eigenvalue weighted by molar-refractivity contribution is -0.152. The first-order valence-corrected chi connectivity index (χ1v) is 6.99. The molecular formula is C14H14ClFN2O3. The Kier molecular flexibility index (Phi) is 3.73. The molecule has 2 heterocycles. The molecule has 7 heteroatoms. The van der Waals surface area contributed by atoms with Crippen LogP contribution in [0.5, 0.6) is 0 Å². The Morgan fingerprint density at radius 3 is 2.38 bits per heavy atom. The van der Waals surface area contributed by atoms with Crippen LogP contribution in [0.4, 0.5) is 10.1 Å². The lowest BCUT2D eigenvalue weighted by Crippen LogP contribution is -2.47. The van der Waals surface area contributed by atoms with Crippen molar-refractivity contribution >= 4 is 23.3 Å². The van der Waals surface area contributed by atoms with Gasteiger partial charge in [0.2, 0.25) is 6.29 Å². The van der Waals surface area contributed by atoms with Crippen molar-refractivity contribution in [3.8, 4) is 0 Å². The molecule has 1 fully saturated rings. The second kappa shape index (κ2) is 5.54. The van der Waals surface area contributed by atoms with Crippen LogP contribution in [0, 0.1) is 5.82 Å². The minimum absolute atomic E-state index is 0.0816. The predicted molar refractivity (Wildman–Crippen MR) is 75.2 cm³/mol. The van der Waals surface area contributed by atoms with Crippen molar-refractivity contribution in [2.24, 2.45) is 0 Å². The average Bonchev–Trinajstić information content (AvgIpc) is 2.73. The smallest absolute Gasteiger partial charge is 0.354 e.